The molecule has 0 bridgehead atoms. The van der Waals surface area contributed by atoms with E-state index in [2.05, 4.69) is 54.2 Å². The maximum Gasteiger partial charge on any atom is 0.323 e. The molecule has 2 aromatic heterocycles. The van der Waals surface area contributed by atoms with E-state index >= 15 is 0 Å². The monoisotopic (exact) mass is 510 g/mol. The molecule has 1 aromatic carbocycles. The Morgan fingerprint density at radius 3 is 2.82 bits per heavy atom. The number of nitrogens with zero attached hydrogens (tertiary/aromatic N) is 5. The Hall–Kier alpha value is -3.53. The first-order valence-electron chi connectivity index (χ1n) is 10.4. The second-order valence-electron chi connectivity index (χ2n) is 7.55. The number of rotatable bonds is 5. The van der Waals surface area contributed by atoms with Gasteiger partial charge in [0.05, 0.1) is 24.0 Å². The standard InChI is InChI=1S/C23H23BrN6O3/c1-15-14-30(23(31)29-20-12-25-13-21(28-20)32-2)7-6-17(15)8-16-4-3-5-19(9-16)33-22-26-10-18(24)11-27-22/h3-5,8-13,15H,6-7,14H2,1-2H3,(H,28,29,31). The van der Waals surface area contributed by atoms with Crippen LogP contribution in [0.1, 0.15) is 18.9 Å². The molecule has 3 aromatic rings. The molecule has 9 nitrogen and oxygen atoms in total. The Kier molecular flexibility index (Phi) is 7.13. The fraction of sp³-hybridized carbons (Fsp3) is 0.261. The molecule has 33 heavy (non-hydrogen) atoms. The van der Waals surface area contributed by atoms with Crippen LogP contribution in [0.4, 0.5) is 10.6 Å². The molecule has 4 rings (SSSR count). The van der Waals surface area contributed by atoms with Crippen molar-refractivity contribution in [3.63, 3.8) is 0 Å². The molecule has 2 amide bonds. The van der Waals surface area contributed by atoms with Crippen LogP contribution in [0, 0.1) is 5.92 Å². The van der Waals surface area contributed by atoms with Crippen LogP contribution >= 0.6 is 15.9 Å². The predicted molar refractivity (Wildman–Crippen MR) is 127 cm³/mol. The maximum atomic E-state index is 12.7. The van der Waals surface area contributed by atoms with E-state index in [9.17, 15) is 4.79 Å². The molecule has 0 aliphatic carbocycles. The number of anilines is 1. The lowest BCUT2D eigenvalue weighted by Gasteiger charge is -2.33. The number of urea groups is 1. The number of ether oxygens (including phenoxy) is 2. The van der Waals surface area contributed by atoms with Gasteiger partial charge in [0.15, 0.2) is 5.82 Å². The fourth-order valence-electron chi connectivity index (χ4n) is 3.48. The van der Waals surface area contributed by atoms with Gasteiger partial charge in [-0.1, -0.05) is 30.7 Å². The van der Waals surface area contributed by atoms with Gasteiger partial charge < -0.3 is 14.4 Å². The average molecular weight is 511 g/mol. The molecule has 1 N–H and O–H groups in total. The van der Waals surface area contributed by atoms with Gasteiger partial charge in [-0.3, -0.25) is 10.3 Å². The van der Waals surface area contributed by atoms with E-state index in [1.54, 1.807) is 17.3 Å². The van der Waals surface area contributed by atoms with Crippen molar-refractivity contribution in [3.8, 4) is 17.6 Å². The van der Waals surface area contributed by atoms with Crippen LogP contribution in [0.3, 0.4) is 0 Å². The second kappa shape index (κ2) is 10.4. The summed E-state index contributed by atoms with van der Waals surface area (Å²) in [6, 6.07) is 7.86. The number of carbonyl (C=O) groups is 1. The van der Waals surface area contributed by atoms with Crippen molar-refractivity contribution >= 4 is 33.9 Å². The summed E-state index contributed by atoms with van der Waals surface area (Å²) >= 11 is 3.31. The number of likely N-dealkylation sites (tertiary alicyclic amines) is 1. The van der Waals surface area contributed by atoms with Gasteiger partial charge in [0.2, 0.25) is 5.88 Å². The highest BCUT2D eigenvalue weighted by atomic mass is 79.9. The van der Waals surface area contributed by atoms with E-state index in [0.717, 1.165) is 16.5 Å². The molecule has 0 radical (unpaired) electrons. The summed E-state index contributed by atoms with van der Waals surface area (Å²) in [6.45, 7) is 3.34. The lowest BCUT2D eigenvalue weighted by Crippen LogP contribution is -2.42. The van der Waals surface area contributed by atoms with Crippen molar-refractivity contribution in [2.45, 2.75) is 13.3 Å². The normalized spacial score (nSPS) is 17.0. The van der Waals surface area contributed by atoms with Crippen molar-refractivity contribution in [1.29, 1.82) is 0 Å². The summed E-state index contributed by atoms with van der Waals surface area (Å²) in [6.07, 6.45) is 9.19. The summed E-state index contributed by atoms with van der Waals surface area (Å²) in [7, 11) is 1.51. The Morgan fingerprint density at radius 1 is 1.24 bits per heavy atom. The SMILES string of the molecule is COc1cncc(NC(=O)N2CCC(=Cc3cccc(Oc4ncc(Br)cn4)c3)C(C)C2)n1. The van der Waals surface area contributed by atoms with Crippen LogP contribution in [0.15, 0.2) is 59.1 Å². The summed E-state index contributed by atoms with van der Waals surface area (Å²) in [5.41, 5.74) is 2.30. The summed E-state index contributed by atoms with van der Waals surface area (Å²) < 4.78 is 11.6. The van der Waals surface area contributed by atoms with Crippen molar-refractivity contribution in [2.75, 3.05) is 25.5 Å². The molecule has 1 aliphatic rings. The zero-order valence-electron chi connectivity index (χ0n) is 18.2. The molecule has 1 atom stereocenters. The number of hydrogen-bond donors (Lipinski definition) is 1. The molecular weight excluding hydrogens is 488 g/mol. The predicted octanol–water partition coefficient (Wildman–Crippen LogP) is 4.79. The minimum absolute atomic E-state index is 0.201. The molecule has 1 saturated heterocycles. The van der Waals surface area contributed by atoms with Gasteiger partial charge in [0.1, 0.15) is 5.75 Å². The average Bonchev–Trinajstić information content (AvgIpc) is 2.82. The van der Waals surface area contributed by atoms with Crippen LogP contribution in [0.5, 0.6) is 17.6 Å². The van der Waals surface area contributed by atoms with Crippen molar-refractivity contribution in [2.24, 2.45) is 5.92 Å². The van der Waals surface area contributed by atoms with Crippen molar-refractivity contribution in [1.82, 2.24) is 24.8 Å². The molecule has 3 heterocycles. The number of aromatic nitrogens is 4. The van der Waals surface area contributed by atoms with E-state index in [-0.39, 0.29) is 18.0 Å². The highest BCUT2D eigenvalue weighted by molar-refractivity contribution is 9.10. The number of amides is 2. The molecule has 1 unspecified atom stereocenters. The topological polar surface area (TPSA) is 102 Å². The zero-order chi connectivity index (χ0) is 23.2. The minimum atomic E-state index is -0.201. The molecule has 10 heteroatoms. The molecule has 1 fully saturated rings. The lowest BCUT2D eigenvalue weighted by atomic mass is 9.91. The number of piperidine rings is 1. The number of carbonyl (C=O) groups excluding carboxylic acids is 1. The first-order chi connectivity index (χ1) is 16.0. The third kappa shape index (κ3) is 6.04. The number of benzene rings is 1. The fourth-order valence-corrected chi connectivity index (χ4v) is 3.69. The number of nitrogens with one attached hydrogen (secondary N) is 1. The van der Waals surface area contributed by atoms with Crippen molar-refractivity contribution < 1.29 is 14.3 Å². The molecule has 0 saturated carbocycles. The third-order valence-electron chi connectivity index (χ3n) is 5.16. The quantitative estimate of drug-likeness (QED) is 0.526. The van der Waals surface area contributed by atoms with E-state index < -0.39 is 0 Å². The summed E-state index contributed by atoms with van der Waals surface area (Å²) in [4.78, 5) is 30.9. The Morgan fingerprint density at radius 2 is 2.06 bits per heavy atom. The second-order valence-corrected chi connectivity index (χ2v) is 8.47. The Balaban J connectivity index is 1.38. The van der Waals surface area contributed by atoms with Gasteiger partial charge in [-0.25, -0.2) is 14.8 Å². The van der Waals surface area contributed by atoms with Crippen LogP contribution in [0.2, 0.25) is 0 Å². The third-order valence-corrected chi connectivity index (χ3v) is 5.57. The zero-order valence-corrected chi connectivity index (χ0v) is 19.8. The van der Waals surface area contributed by atoms with E-state index in [0.29, 0.717) is 30.5 Å². The van der Waals surface area contributed by atoms with Gasteiger partial charge in [-0.05, 0) is 46.0 Å². The van der Waals surface area contributed by atoms with E-state index in [1.165, 1.54) is 25.1 Å². The van der Waals surface area contributed by atoms with E-state index in [4.69, 9.17) is 9.47 Å². The highest BCUT2D eigenvalue weighted by Crippen LogP contribution is 2.27. The van der Waals surface area contributed by atoms with Crippen LogP contribution in [0.25, 0.3) is 6.08 Å². The molecule has 0 spiro atoms. The first kappa shape index (κ1) is 22.7. The number of hydrogen-bond acceptors (Lipinski definition) is 7. The van der Waals surface area contributed by atoms with Gasteiger partial charge in [0.25, 0.3) is 0 Å². The van der Waals surface area contributed by atoms with Crippen molar-refractivity contribution in [3.05, 3.63) is 64.7 Å². The van der Waals surface area contributed by atoms with Crippen LogP contribution < -0.4 is 14.8 Å². The van der Waals surface area contributed by atoms with E-state index in [1.807, 2.05) is 24.3 Å². The maximum absolute atomic E-state index is 12.7. The van der Waals surface area contributed by atoms with Crippen LogP contribution in [-0.4, -0.2) is 51.1 Å². The van der Waals surface area contributed by atoms with Gasteiger partial charge in [0, 0.05) is 25.5 Å². The first-order valence-corrected chi connectivity index (χ1v) is 11.2. The van der Waals surface area contributed by atoms with Gasteiger partial charge >= 0.3 is 12.0 Å². The Bertz CT molecular complexity index is 1150. The number of methoxy groups -OCH3 is 1. The summed E-state index contributed by atoms with van der Waals surface area (Å²) in [5.74, 6) is 1.58. The van der Waals surface area contributed by atoms with Crippen LogP contribution in [-0.2, 0) is 0 Å². The molecule has 1 aliphatic heterocycles. The molecule has 170 valence electrons. The smallest absolute Gasteiger partial charge is 0.323 e. The highest BCUT2D eigenvalue weighted by Gasteiger charge is 2.24. The lowest BCUT2D eigenvalue weighted by molar-refractivity contribution is 0.197. The minimum Gasteiger partial charge on any atom is -0.480 e. The Labute approximate surface area is 200 Å². The summed E-state index contributed by atoms with van der Waals surface area (Å²) in [5, 5.41) is 2.79. The largest absolute Gasteiger partial charge is 0.480 e. The number of halogens is 1. The van der Waals surface area contributed by atoms with Gasteiger partial charge in [-0.2, -0.15) is 4.98 Å². The van der Waals surface area contributed by atoms with Gasteiger partial charge in [-0.15, -0.1) is 0 Å². The molecular formula is C23H23BrN6O3.